The van der Waals surface area contributed by atoms with Crippen molar-refractivity contribution in [2.45, 2.75) is 38.5 Å². The molecule has 2 aliphatic rings. The van der Waals surface area contributed by atoms with Gasteiger partial charge in [-0.1, -0.05) is 6.42 Å². The van der Waals surface area contributed by atoms with Gasteiger partial charge in [-0.05, 0) is 43.4 Å². The normalized spacial score (nSPS) is 29.7. The number of aliphatic hydroxyl groups excluding tert-OH is 1. The van der Waals surface area contributed by atoms with Crippen molar-refractivity contribution in [1.29, 1.82) is 0 Å². The molecule has 2 bridgehead atoms. The van der Waals surface area contributed by atoms with Crippen LogP contribution in [0.25, 0.3) is 0 Å². The predicted octanol–water partition coefficient (Wildman–Crippen LogP) is 1.33. The van der Waals surface area contributed by atoms with Gasteiger partial charge in [0.25, 0.3) is 0 Å². The highest BCUT2D eigenvalue weighted by Crippen LogP contribution is 2.49. The van der Waals surface area contributed by atoms with Crippen molar-refractivity contribution in [2.75, 3.05) is 26.4 Å². The second kappa shape index (κ2) is 7.10. The van der Waals surface area contributed by atoms with Gasteiger partial charge in [0.2, 0.25) is 5.91 Å². The Labute approximate surface area is 109 Å². The molecule has 1 amide bonds. The number of carbonyl (C=O) groups is 1. The zero-order chi connectivity index (χ0) is 12.8. The Morgan fingerprint density at radius 3 is 2.83 bits per heavy atom. The van der Waals surface area contributed by atoms with E-state index >= 15 is 0 Å². The molecule has 104 valence electrons. The molecule has 4 nitrogen and oxygen atoms in total. The second-order valence-corrected chi connectivity index (χ2v) is 5.68. The topological polar surface area (TPSA) is 58.6 Å². The summed E-state index contributed by atoms with van der Waals surface area (Å²) in [5.74, 6) is 2.59. The van der Waals surface area contributed by atoms with Crippen LogP contribution in [0.3, 0.4) is 0 Å². The monoisotopic (exact) mass is 255 g/mol. The van der Waals surface area contributed by atoms with E-state index in [4.69, 9.17) is 9.84 Å². The van der Waals surface area contributed by atoms with Crippen LogP contribution in [0.15, 0.2) is 0 Å². The maximum atomic E-state index is 11.8. The third-order valence-electron chi connectivity index (χ3n) is 4.36. The standard InChI is InChI=1S/C14H25NO3/c16-5-7-18-6-1-4-15-14(17)10-13-9-11-2-3-12(13)8-11/h11-13,16H,1-10H2,(H,15,17). The molecule has 18 heavy (non-hydrogen) atoms. The molecule has 2 aliphatic carbocycles. The molecule has 3 unspecified atom stereocenters. The van der Waals surface area contributed by atoms with Gasteiger partial charge >= 0.3 is 0 Å². The van der Waals surface area contributed by atoms with Crippen LogP contribution in [-0.4, -0.2) is 37.4 Å². The van der Waals surface area contributed by atoms with Crippen molar-refractivity contribution in [3.8, 4) is 0 Å². The van der Waals surface area contributed by atoms with E-state index in [0.717, 1.165) is 24.7 Å². The number of ether oxygens (including phenoxy) is 1. The van der Waals surface area contributed by atoms with E-state index < -0.39 is 0 Å². The van der Waals surface area contributed by atoms with Crippen LogP contribution in [0, 0.1) is 17.8 Å². The third-order valence-corrected chi connectivity index (χ3v) is 4.36. The third kappa shape index (κ3) is 3.95. The molecule has 0 aromatic carbocycles. The summed E-state index contributed by atoms with van der Waals surface area (Å²) in [6.45, 7) is 1.75. The molecule has 3 atom stereocenters. The molecule has 0 heterocycles. The minimum Gasteiger partial charge on any atom is -0.394 e. The van der Waals surface area contributed by atoms with Crippen LogP contribution in [0.2, 0.25) is 0 Å². The summed E-state index contributed by atoms with van der Waals surface area (Å²) in [7, 11) is 0. The molecule has 0 aromatic heterocycles. The number of carbonyl (C=O) groups excluding carboxylic acids is 1. The largest absolute Gasteiger partial charge is 0.394 e. The summed E-state index contributed by atoms with van der Waals surface area (Å²) in [4.78, 5) is 11.8. The summed E-state index contributed by atoms with van der Waals surface area (Å²) < 4.78 is 5.14. The summed E-state index contributed by atoms with van der Waals surface area (Å²) in [6.07, 6.45) is 6.92. The molecule has 2 fully saturated rings. The highest BCUT2D eigenvalue weighted by atomic mass is 16.5. The van der Waals surface area contributed by atoms with Crippen molar-refractivity contribution < 1.29 is 14.6 Å². The lowest BCUT2D eigenvalue weighted by molar-refractivity contribution is -0.122. The number of hydrogen-bond donors (Lipinski definition) is 2. The Morgan fingerprint density at radius 1 is 1.28 bits per heavy atom. The lowest BCUT2D eigenvalue weighted by Gasteiger charge is -2.20. The van der Waals surface area contributed by atoms with E-state index in [0.29, 0.717) is 25.7 Å². The molecule has 0 aliphatic heterocycles. The molecular formula is C14H25NO3. The predicted molar refractivity (Wildman–Crippen MR) is 69.1 cm³/mol. The number of amides is 1. The van der Waals surface area contributed by atoms with E-state index in [1.807, 2.05) is 0 Å². The smallest absolute Gasteiger partial charge is 0.220 e. The quantitative estimate of drug-likeness (QED) is 0.643. The number of nitrogens with one attached hydrogen (secondary N) is 1. The van der Waals surface area contributed by atoms with Crippen LogP contribution in [-0.2, 0) is 9.53 Å². The fourth-order valence-electron chi connectivity index (χ4n) is 3.51. The summed E-state index contributed by atoms with van der Waals surface area (Å²) in [5.41, 5.74) is 0. The summed E-state index contributed by atoms with van der Waals surface area (Å²) >= 11 is 0. The molecule has 2 saturated carbocycles. The van der Waals surface area contributed by atoms with Gasteiger partial charge in [-0.2, -0.15) is 0 Å². The Balaban J connectivity index is 1.50. The molecule has 0 spiro atoms. The van der Waals surface area contributed by atoms with Gasteiger partial charge in [0.15, 0.2) is 0 Å². The van der Waals surface area contributed by atoms with Gasteiger partial charge in [0, 0.05) is 19.6 Å². The van der Waals surface area contributed by atoms with Gasteiger partial charge < -0.3 is 15.2 Å². The van der Waals surface area contributed by atoms with Crippen LogP contribution in [0.1, 0.15) is 38.5 Å². The average molecular weight is 255 g/mol. The Kier molecular flexibility index (Phi) is 5.45. The van der Waals surface area contributed by atoms with Crippen molar-refractivity contribution in [2.24, 2.45) is 17.8 Å². The van der Waals surface area contributed by atoms with Crippen LogP contribution >= 0.6 is 0 Å². The molecule has 0 radical (unpaired) electrons. The van der Waals surface area contributed by atoms with Gasteiger partial charge in [0.05, 0.1) is 13.2 Å². The van der Waals surface area contributed by atoms with Crippen LogP contribution in [0.5, 0.6) is 0 Å². The van der Waals surface area contributed by atoms with E-state index in [9.17, 15) is 4.79 Å². The van der Waals surface area contributed by atoms with Gasteiger partial charge in [-0.25, -0.2) is 0 Å². The Morgan fingerprint density at radius 2 is 2.17 bits per heavy atom. The molecule has 0 saturated heterocycles. The highest BCUT2D eigenvalue weighted by molar-refractivity contribution is 5.76. The first-order chi connectivity index (χ1) is 8.79. The minimum atomic E-state index is 0.0661. The highest BCUT2D eigenvalue weighted by Gasteiger charge is 2.39. The second-order valence-electron chi connectivity index (χ2n) is 5.68. The molecule has 4 heteroatoms. The zero-order valence-corrected chi connectivity index (χ0v) is 11.1. The lowest BCUT2D eigenvalue weighted by Crippen LogP contribution is -2.28. The molecular weight excluding hydrogens is 230 g/mol. The molecule has 0 aromatic rings. The van der Waals surface area contributed by atoms with Crippen molar-refractivity contribution in [3.63, 3.8) is 0 Å². The first-order valence-electron chi connectivity index (χ1n) is 7.25. The Bertz CT molecular complexity index is 270. The van der Waals surface area contributed by atoms with E-state index in [1.165, 1.54) is 25.7 Å². The first-order valence-corrected chi connectivity index (χ1v) is 7.25. The molecule has 2 rings (SSSR count). The number of aliphatic hydroxyl groups is 1. The minimum absolute atomic E-state index is 0.0661. The maximum Gasteiger partial charge on any atom is 0.220 e. The Hall–Kier alpha value is -0.610. The summed E-state index contributed by atoms with van der Waals surface area (Å²) in [6, 6.07) is 0. The van der Waals surface area contributed by atoms with Crippen molar-refractivity contribution >= 4 is 5.91 Å². The van der Waals surface area contributed by atoms with Gasteiger partial charge in [-0.15, -0.1) is 0 Å². The van der Waals surface area contributed by atoms with Crippen molar-refractivity contribution in [3.05, 3.63) is 0 Å². The fraction of sp³-hybridized carbons (Fsp3) is 0.929. The maximum absolute atomic E-state index is 11.8. The average Bonchev–Trinajstić information content (AvgIpc) is 2.95. The number of fused-ring (bicyclic) bond motifs is 2. The van der Waals surface area contributed by atoms with Crippen molar-refractivity contribution in [1.82, 2.24) is 5.32 Å². The van der Waals surface area contributed by atoms with Crippen LogP contribution < -0.4 is 5.32 Å². The fourth-order valence-corrected chi connectivity index (χ4v) is 3.51. The van der Waals surface area contributed by atoms with E-state index in [2.05, 4.69) is 5.32 Å². The first kappa shape index (κ1) is 13.8. The SMILES string of the molecule is O=C(CC1CC2CCC1C2)NCCCOCCO. The van der Waals surface area contributed by atoms with E-state index in [1.54, 1.807) is 0 Å². The zero-order valence-electron chi connectivity index (χ0n) is 11.1. The van der Waals surface area contributed by atoms with Gasteiger partial charge in [-0.3, -0.25) is 4.79 Å². The lowest BCUT2D eigenvalue weighted by atomic mass is 9.86. The summed E-state index contributed by atoms with van der Waals surface area (Å²) in [5, 5.41) is 11.5. The van der Waals surface area contributed by atoms with E-state index in [-0.39, 0.29) is 12.5 Å². The number of rotatable bonds is 8. The van der Waals surface area contributed by atoms with Gasteiger partial charge in [0.1, 0.15) is 0 Å². The number of hydrogen-bond acceptors (Lipinski definition) is 3. The van der Waals surface area contributed by atoms with Crippen LogP contribution in [0.4, 0.5) is 0 Å². The molecule has 2 N–H and O–H groups in total.